The quantitative estimate of drug-likeness (QED) is 0.670. The van der Waals surface area contributed by atoms with Gasteiger partial charge in [0.25, 0.3) is 0 Å². The van der Waals surface area contributed by atoms with Crippen molar-refractivity contribution in [3.8, 4) is 0 Å². The summed E-state index contributed by atoms with van der Waals surface area (Å²) in [6, 6.07) is 0.855. The van der Waals surface area contributed by atoms with E-state index in [9.17, 15) is 0 Å². The Bertz CT molecular complexity index is 165. The van der Waals surface area contributed by atoms with Gasteiger partial charge in [-0.15, -0.1) is 0 Å². The van der Waals surface area contributed by atoms with Crippen molar-refractivity contribution in [1.29, 1.82) is 0 Å². The summed E-state index contributed by atoms with van der Waals surface area (Å²) in [5.41, 5.74) is 0. The second kappa shape index (κ2) is 6.46. The Labute approximate surface area is 93.2 Å². The third-order valence-corrected chi connectivity index (χ3v) is 3.54. The van der Waals surface area contributed by atoms with E-state index in [2.05, 4.69) is 10.2 Å². The second-order valence-corrected chi connectivity index (χ2v) is 4.74. The highest BCUT2D eigenvalue weighted by Crippen LogP contribution is 2.17. The molecule has 0 bridgehead atoms. The number of hydrogen-bond donors (Lipinski definition) is 1. The smallest absolute Gasteiger partial charge is 0.0594 e. The maximum Gasteiger partial charge on any atom is 0.0594 e. The van der Waals surface area contributed by atoms with Crippen molar-refractivity contribution in [3.05, 3.63) is 0 Å². The number of hydrogen-bond acceptors (Lipinski definition) is 3. The van der Waals surface area contributed by atoms with E-state index in [0.29, 0.717) is 0 Å². The highest BCUT2D eigenvalue weighted by molar-refractivity contribution is 4.75. The Balaban J connectivity index is 1.40. The number of unbranched alkanes of at least 4 members (excludes halogenated alkanes) is 1. The first-order valence-corrected chi connectivity index (χ1v) is 6.48. The maximum absolute atomic E-state index is 5.33. The van der Waals surface area contributed by atoms with Crippen LogP contribution < -0.4 is 5.32 Å². The molecule has 1 aliphatic carbocycles. The summed E-state index contributed by atoms with van der Waals surface area (Å²) in [5.74, 6) is 0. The molecule has 15 heavy (non-hydrogen) atoms. The van der Waals surface area contributed by atoms with Gasteiger partial charge in [0.1, 0.15) is 0 Å². The van der Waals surface area contributed by atoms with Gasteiger partial charge in [-0.1, -0.05) is 6.42 Å². The Morgan fingerprint density at radius 3 is 2.60 bits per heavy atom. The van der Waals surface area contributed by atoms with Gasteiger partial charge in [0.2, 0.25) is 0 Å². The Kier molecular flexibility index (Phi) is 4.90. The van der Waals surface area contributed by atoms with Gasteiger partial charge in [0, 0.05) is 19.1 Å². The monoisotopic (exact) mass is 212 g/mol. The molecule has 2 aliphatic rings. The van der Waals surface area contributed by atoms with E-state index in [1.807, 2.05) is 0 Å². The predicted octanol–water partition coefficient (Wildman–Crippen LogP) is 1.24. The molecule has 2 rings (SSSR count). The van der Waals surface area contributed by atoms with Crippen LogP contribution in [0, 0.1) is 0 Å². The van der Waals surface area contributed by atoms with Crippen LogP contribution in [0.15, 0.2) is 0 Å². The summed E-state index contributed by atoms with van der Waals surface area (Å²) in [5, 5.41) is 3.61. The zero-order valence-electron chi connectivity index (χ0n) is 9.71. The molecule has 0 unspecified atom stereocenters. The first-order chi connectivity index (χ1) is 7.45. The highest BCUT2D eigenvalue weighted by Gasteiger charge is 2.15. The molecule has 1 aliphatic heterocycles. The minimum atomic E-state index is 0.855. The van der Waals surface area contributed by atoms with Gasteiger partial charge >= 0.3 is 0 Å². The second-order valence-electron chi connectivity index (χ2n) is 4.74. The molecule has 0 amide bonds. The van der Waals surface area contributed by atoms with Crippen LogP contribution in [-0.2, 0) is 4.74 Å². The van der Waals surface area contributed by atoms with E-state index in [-0.39, 0.29) is 0 Å². The lowest BCUT2D eigenvalue weighted by Crippen LogP contribution is -2.38. The van der Waals surface area contributed by atoms with Gasteiger partial charge in [-0.25, -0.2) is 0 Å². The number of nitrogens with one attached hydrogen (secondary N) is 1. The largest absolute Gasteiger partial charge is 0.379 e. The summed E-state index contributed by atoms with van der Waals surface area (Å²) in [7, 11) is 0. The number of nitrogens with zero attached hydrogens (tertiary/aromatic N) is 1. The molecule has 0 spiro atoms. The molecule has 0 atom stereocenters. The molecule has 0 aromatic carbocycles. The van der Waals surface area contributed by atoms with E-state index >= 15 is 0 Å². The molecule has 3 nitrogen and oxygen atoms in total. The standard InChI is InChI=1S/C12H24N2O/c1(6-13-12-4-3-5-12)2-7-14-8-10-15-11-9-14/h12-13H,1-11H2. The van der Waals surface area contributed by atoms with Crippen LogP contribution in [0.3, 0.4) is 0 Å². The lowest BCUT2D eigenvalue weighted by molar-refractivity contribution is 0.0372. The summed E-state index contributed by atoms with van der Waals surface area (Å²) < 4.78 is 5.33. The topological polar surface area (TPSA) is 24.5 Å². The average Bonchev–Trinajstić information content (AvgIpc) is 2.22. The van der Waals surface area contributed by atoms with Crippen LogP contribution in [0.2, 0.25) is 0 Å². The van der Waals surface area contributed by atoms with E-state index in [4.69, 9.17) is 4.74 Å². The van der Waals surface area contributed by atoms with Crippen LogP contribution in [0.25, 0.3) is 0 Å². The van der Waals surface area contributed by atoms with Crippen molar-refractivity contribution in [2.45, 2.75) is 38.1 Å². The molecule has 0 radical (unpaired) electrons. The van der Waals surface area contributed by atoms with Crippen molar-refractivity contribution < 1.29 is 4.74 Å². The summed E-state index contributed by atoms with van der Waals surface area (Å²) >= 11 is 0. The van der Waals surface area contributed by atoms with Gasteiger partial charge in [-0.2, -0.15) is 0 Å². The maximum atomic E-state index is 5.33. The van der Waals surface area contributed by atoms with Crippen LogP contribution in [-0.4, -0.2) is 50.3 Å². The van der Waals surface area contributed by atoms with Crippen LogP contribution in [0.1, 0.15) is 32.1 Å². The molecular formula is C12H24N2O. The summed E-state index contributed by atoms with van der Waals surface area (Å²) in [6.07, 6.45) is 6.91. The van der Waals surface area contributed by atoms with E-state index < -0.39 is 0 Å². The van der Waals surface area contributed by atoms with Crippen molar-refractivity contribution in [2.24, 2.45) is 0 Å². The van der Waals surface area contributed by atoms with E-state index in [1.54, 1.807) is 0 Å². The van der Waals surface area contributed by atoms with Crippen LogP contribution in [0.5, 0.6) is 0 Å². The fourth-order valence-corrected chi connectivity index (χ4v) is 2.20. The lowest BCUT2D eigenvalue weighted by Gasteiger charge is -2.28. The number of ether oxygens (including phenoxy) is 1. The van der Waals surface area contributed by atoms with Crippen molar-refractivity contribution in [1.82, 2.24) is 10.2 Å². The highest BCUT2D eigenvalue weighted by atomic mass is 16.5. The molecule has 1 heterocycles. The summed E-state index contributed by atoms with van der Waals surface area (Å²) in [4.78, 5) is 2.52. The number of morpholine rings is 1. The van der Waals surface area contributed by atoms with Gasteiger partial charge in [-0.3, -0.25) is 4.90 Å². The third-order valence-electron chi connectivity index (χ3n) is 3.54. The Morgan fingerprint density at radius 1 is 1.13 bits per heavy atom. The minimum absolute atomic E-state index is 0.855. The summed E-state index contributed by atoms with van der Waals surface area (Å²) in [6.45, 7) is 6.61. The molecule has 1 N–H and O–H groups in total. The normalized spacial score (nSPS) is 24.0. The molecule has 2 fully saturated rings. The molecule has 3 heteroatoms. The van der Waals surface area contributed by atoms with Gasteiger partial charge in [0.15, 0.2) is 0 Å². The van der Waals surface area contributed by atoms with Crippen molar-refractivity contribution in [2.75, 3.05) is 39.4 Å². The van der Waals surface area contributed by atoms with Gasteiger partial charge in [0.05, 0.1) is 13.2 Å². The number of rotatable bonds is 6. The average molecular weight is 212 g/mol. The van der Waals surface area contributed by atoms with Gasteiger partial charge in [-0.05, 0) is 38.8 Å². The third kappa shape index (κ3) is 4.09. The fourth-order valence-electron chi connectivity index (χ4n) is 2.20. The lowest BCUT2D eigenvalue weighted by atomic mass is 9.93. The molecule has 0 aromatic rings. The molecule has 1 saturated heterocycles. The van der Waals surface area contributed by atoms with E-state index in [1.165, 1.54) is 45.2 Å². The molecular weight excluding hydrogens is 188 g/mol. The predicted molar refractivity (Wildman–Crippen MR) is 62.1 cm³/mol. The Morgan fingerprint density at radius 2 is 1.93 bits per heavy atom. The zero-order chi connectivity index (χ0) is 10.3. The van der Waals surface area contributed by atoms with Gasteiger partial charge < -0.3 is 10.1 Å². The molecule has 1 saturated carbocycles. The fraction of sp³-hybridized carbons (Fsp3) is 1.00. The van der Waals surface area contributed by atoms with Crippen molar-refractivity contribution in [3.63, 3.8) is 0 Å². The SMILES string of the molecule is C(CCN1CCOCC1)CNC1CCC1. The zero-order valence-corrected chi connectivity index (χ0v) is 9.71. The minimum Gasteiger partial charge on any atom is -0.379 e. The van der Waals surface area contributed by atoms with Crippen LogP contribution >= 0.6 is 0 Å². The molecule has 88 valence electrons. The van der Waals surface area contributed by atoms with Crippen LogP contribution in [0.4, 0.5) is 0 Å². The first kappa shape index (κ1) is 11.4. The molecule has 0 aromatic heterocycles. The first-order valence-electron chi connectivity index (χ1n) is 6.48. The van der Waals surface area contributed by atoms with Crippen molar-refractivity contribution >= 4 is 0 Å². The van der Waals surface area contributed by atoms with E-state index in [0.717, 1.165) is 32.3 Å². The Hall–Kier alpha value is -0.120.